The molecule has 186 valence electrons. The van der Waals surface area contributed by atoms with Gasteiger partial charge in [-0.1, -0.05) is 12.1 Å². The number of benzene rings is 1. The van der Waals surface area contributed by atoms with E-state index in [1.165, 1.54) is 6.20 Å². The Kier molecular flexibility index (Phi) is 9.08. The van der Waals surface area contributed by atoms with Crippen molar-refractivity contribution >= 4 is 23.3 Å². The monoisotopic (exact) mass is 486 g/mol. The summed E-state index contributed by atoms with van der Waals surface area (Å²) in [6.07, 6.45) is 5.54. The van der Waals surface area contributed by atoms with Crippen molar-refractivity contribution in [3.63, 3.8) is 0 Å². The molecule has 0 spiro atoms. The standard InChI is InChI=1S/C21H25N3O3.C6H5N3/c1-14-4-5-17-12-16(7-9-20(17)24(14)15(2)26)18-6-8-19(23-13-18)21(27)22-10-3-11-25;7-3-5-1-2-6(8)9-4-5/h6-9,12-14,25H,3-5,10-11H2,1-2H3,(H,22,27);1-2,4H,(H2,8,9)/t14-;/m0./s1. The topological polar surface area (TPSA) is 145 Å². The number of nitrogens with two attached hydrogens (primary N) is 1. The number of carbonyl (C=O) groups excluding carboxylic acids is 2. The van der Waals surface area contributed by atoms with Crippen molar-refractivity contribution in [2.24, 2.45) is 0 Å². The number of carbonyl (C=O) groups is 2. The minimum absolute atomic E-state index is 0.0464. The summed E-state index contributed by atoms with van der Waals surface area (Å²) >= 11 is 0. The zero-order valence-electron chi connectivity index (χ0n) is 20.4. The molecular formula is C27H30N6O3. The quantitative estimate of drug-likeness (QED) is 0.470. The molecule has 3 aromatic rings. The number of nitrogens with zero attached hydrogens (tertiary/aromatic N) is 4. The first-order valence-corrected chi connectivity index (χ1v) is 11.7. The SMILES string of the molecule is CC(=O)N1c2ccc(-c3ccc(C(=O)NCCCO)nc3)cc2CC[C@@H]1C.N#Cc1ccc(N)nc1. The molecule has 4 rings (SSSR count). The highest BCUT2D eigenvalue weighted by Crippen LogP contribution is 2.34. The van der Waals surface area contributed by atoms with Crippen LogP contribution in [0.5, 0.6) is 0 Å². The predicted octanol–water partition coefficient (Wildman–Crippen LogP) is 3.08. The van der Waals surface area contributed by atoms with Gasteiger partial charge >= 0.3 is 0 Å². The molecule has 0 aliphatic carbocycles. The van der Waals surface area contributed by atoms with Crippen LogP contribution >= 0.6 is 0 Å². The van der Waals surface area contributed by atoms with Crippen LogP contribution in [-0.2, 0) is 11.2 Å². The van der Waals surface area contributed by atoms with E-state index < -0.39 is 0 Å². The highest BCUT2D eigenvalue weighted by molar-refractivity contribution is 5.94. The summed E-state index contributed by atoms with van der Waals surface area (Å²) < 4.78 is 0. The molecule has 4 N–H and O–H groups in total. The lowest BCUT2D eigenvalue weighted by Crippen LogP contribution is -2.40. The summed E-state index contributed by atoms with van der Waals surface area (Å²) in [6.45, 7) is 4.15. The Balaban J connectivity index is 0.000000338. The maximum Gasteiger partial charge on any atom is 0.269 e. The number of nitrogens with one attached hydrogen (secondary N) is 1. The third-order valence-corrected chi connectivity index (χ3v) is 5.82. The molecule has 1 aromatic carbocycles. The number of aromatic nitrogens is 2. The van der Waals surface area contributed by atoms with E-state index in [0.717, 1.165) is 35.2 Å². The molecule has 1 aliphatic heterocycles. The molecule has 0 bridgehead atoms. The van der Waals surface area contributed by atoms with E-state index in [1.807, 2.05) is 29.2 Å². The van der Waals surface area contributed by atoms with E-state index >= 15 is 0 Å². The maximum atomic E-state index is 12.0. The predicted molar refractivity (Wildman–Crippen MR) is 138 cm³/mol. The van der Waals surface area contributed by atoms with Gasteiger partial charge in [0.05, 0.1) is 5.56 Å². The zero-order valence-corrected chi connectivity index (χ0v) is 20.4. The number of pyridine rings is 2. The van der Waals surface area contributed by atoms with Gasteiger partial charge in [-0.05, 0) is 67.6 Å². The number of aliphatic hydroxyl groups excluding tert-OH is 1. The first kappa shape index (κ1) is 26.3. The Labute approximate surface area is 210 Å². The van der Waals surface area contributed by atoms with Gasteiger partial charge in [-0.3, -0.25) is 14.6 Å². The van der Waals surface area contributed by atoms with E-state index in [9.17, 15) is 9.59 Å². The van der Waals surface area contributed by atoms with Crippen molar-refractivity contribution in [1.29, 1.82) is 5.26 Å². The van der Waals surface area contributed by atoms with E-state index in [-0.39, 0.29) is 24.5 Å². The Morgan fingerprint density at radius 3 is 2.56 bits per heavy atom. The van der Waals surface area contributed by atoms with Gasteiger partial charge in [0.1, 0.15) is 17.6 Å². The Morgan fingerprint density at radius 2 is 1.94 bits per heavy atom. The highest BCUT2D eigenvalue weighted by atomic mass is 16.3. The van der Waals surface area contributed by atoms with Gasteiger partial charge in [-0.25, -0.2) is 4.98 Å². The molecule has 2 amide bonds. The van der Waals surface area contributed by atoms with Gasteiger partial charge in [0.15, 0.2) is 0 Å². The molecule has 0 unspecified atom stereocenters. The summed E-state index contributed by atoms with van der Waals surface area (Å²) in [5, 5.41) is 19.8. The molecule has 36 heavy (non-hydrogen) atoms. The van der Waals surface area contributed by atoms with E-state index in [1.54, 1.807) is 31.3 Å². The number of rotatable bonds is 5. The lowest BCUT2D eigenvalue weighted by molar-refractivity contribution is -0.117. The number of hydrogen-bond acceptors (Lipinski definition) is 7. The fourth-order valence-corrected chi connectivity index (χ4v) is 3.95. The Bertz CT molecular complexity index is 1240. The van der Waals surface area contributed by atoms with E-state index in [2.05, 4.69) is 28.3 Å². The van der Waals surface area contributed by atoms with Crippen LogP contribution in [0, 0.1) is 11.3 Å². The zero-order chi connectivity index (χ0) is 26.1. The minimum Gasteiger partial charge on any atom is -0.396 e. The Morgan fingerprint density at radius 1 is 1.17 bits per heavy atom. The highest BCUT2D eigenvalue weighted by Gasteiger charge is 2.26. The average molecular weight is 487 g/mol. The summed E-state index contributed by atoms with van der Waals surface area (Å²) in [5.41, 5.74) is 10.2. The van der Waals surface area contributed by atoms with E-state index in [4.69, 9.17) is 16.1 Å². The molecule has 9 nitrogen and oxygen atoms in total. The molecule has 9 heteroatoms. The van der Waals surface area contributed by atoms with Crippen molar-refractivity contribution < 1.29 is 14.7 Å². The number of aliphatic hydroxyl groups is 1. The average Bonchev–Trinajstić information content (AvgIpc) is 2.89. The van der Waals surface area contributed by atoms with Gasteiger partial charge in [-0.2, -0.15) is 5.26 Å². The van der Waals surface area contributed by atoms with E-state index in [0.29, 0.717) is 30.0 Å². The maximum absolute atomic E-state index is 12.0. The van der Waals surface area contributed by atoms with Crippen LogP contribution in [0.3, 0.4) is 0 Å². The molecule has 0 fully saturated rings. The van der Waals surface area contributed by atoms with Crippen LogP contribution in [-0.4, -0.2) is 46.1 Å². The molecule has 0 saturated carbocycles. The first-order chi connectivity index (χ1) is 17.3. The second kappa shape index (κ2) is 12.4. The normalized spacial score (nSPS) is 14.1. The number of fused-ring (bicyclic) bond motifs is 1. The third kappa shape index (κ3) is 6.64. The molecular weight excluding hydrogens is 456 g/mol. The van der Waals surface area contributed by atoms with Crippen molar-refractivity contribution in [3.05, 3.63) is 71.7 Å². The molecule has 2 aromatic heterocycles. The number of amides is 2. The lowest BCUT2D eigenvalue weighted by Gasteiger charge is -2.34. The van der Waals surface area contributed by atoms with Gasteiger partial charge < -0.3 is 21.1 Å². The number of nitriles is 1. The largest absolute Gasteiger partial charge is 0.396 e. The molecule has 1 atom stereocenters. The Hall–Kier alpha value is -4.29. The summed E-state index contributed by atoms with van der Waals surface area (Å²) in [6, 6.07) is 15.0. The molecule has 0 radical (unpaired) electrons. The van der Waals surface area contributed by atoms with Gasteiger partial charge in [0.25, 0.3) is 5.91 Å². The number of nitrogen functional groups attached to an aromatic ring is 1. The molecule has 1 aliphatic rings. The summed E-state index contributed by atoms with van der Waals surface area (Å²) in [4.78, 5) is 33.8. The van der Waals surface area contributed by atoms with Crippen molar-refractivity contribution in [2.45, 2.75) is 39.2 Å². The van der Waals surface area contributed by atoms with Gasteiger partial charge in [-0.15, -0.1) is 0 Å². The molecule has 3 heterocycles. The van der Waals surface area contributed by atoms with Crippen molar-refractivity contribution in [1.82, 2.24) is 15.3 Å². The van der Waals surface area contributed by atoms with Crippen LogP contribution in [0.4, 0.5) is 11.5 Å². The fourth-order valence-electron chi connectivity index (χ4n) is 3.95. The van der Waals surface area contributed by atoms with Gasteiger partial charge in [0, 0.05) is 49.8 Å². The van der Waals surface area contributed by atoms with Crippen LogP contribution in [0.15, 0.2) is 54.9 Å². The second-order valence-corrected chi connectivity index (χ2v) is 8.47. The van der Waals surface area contributed by atoms with Crippen molar-refractivity contribution in [3.8, 4) is 17.2 Å². The smallest absolute Gasteiger partial charge is 0.269 e. The van der Waals surface area contributed by atoms with Crippen LogP contribution in [0.25, 0.3) is 11.1 Å². The van der Waals surface area contributed by atoms with Crippen LogP contribution < -0.4 is 16.0 Å². The number of anilines is 2. The van der Waals surface area contributed by atoms with Crippen LogP contribution in [0.2, 0.25) is 0 Å². The molecule has 0 saturated heterocycles. The first-order valence-electron chi connectivity index (χ1n) is 11.7. The number of hydrogen-bond donors (Lipinski definition) is 3. The third-order valence-electron chi connectivity index (χ3n) is 5.82. The number of aryl methyl sites for hydroxylation is 1. The summed E-state index contributed by atoms with van der Waals surface area (Å²) in [7, 11) is 0. The lowest BCUT2D eigenvalue weighted by atomic mass is 9.93. The second-order valence-electron chi connectivity index (χ2n) is 8.47. The minimum atomic E-state index is -0.244. The van der Waals surface area contributed by atoms with Crippen LogP contribution in [0.1, 0.15) is 48.3 Å². The summed E-state index contributed by atoms with van der Waals surface area (Å²) in [5.74, 6) is 0.259. The fraction of sp³-hybridized carbons (Fsp3) is 0.296. The van der Waals surface area contributed by atoms with Crippen molar-refractivity contribution in [2.75, 3.05) is 23.8 Å². The van der Waals surface area contributed by atoms with Gasteiger partial charge in [0.2, 0.25) is 5.91 Å².